The molecule has 0 amide bonds. The molecule has 0 fully saturated rings. The van der Waals surface area contributed by atoms with Crippen molar-refractivity contribution in [3.63, 3.8) is 0 Å². The molecule has 0 unspecified atom stereocenters. The number of aryl methyl sites for hydroxylation is 1. The number of carboxylic acid groups (broad SMARTS) is 1. The highest BCUT2D eigenvalue weighted by Crippen LogP contribution is 2.44. The Kier molecular flexibility index (Phi) is 4.98. The van der Waals surface area contributed by atoms with E-state index in [2.05, 4.69) is 54.0 Å². The summed E-state index contributed by atoms with van der Waals surface area (Å²) in [7, 11) is 0. The van der Waals surface area contributed by atoms with Crippen LogP contribution in [-0.4, -0.2) is 15.6 Å². The summed E-state index contributed by atoms with van der Waals surface area (Å²) in [6.45, 7) is 3.12. The van der Waals surface area contributed by atoms with Crippen molar-refractivity contribution in [3.05, 3.63) is 65.0 Å². The lowest BCUT2D eigenvalue weighted by molar-refractivity contribution is -0.132. The molecular formula is C24H16N2O2S3. The summed E-state index contributed by atoms with van der Waals surface area (Å²) in [5.74, 6) is -1.20. The van der Waals surface area contributed by atoms with Gasteiger partial charge in [-0.15, -0.1) is 34.0 Å². The second kappa shape index (κ2) is 7.82. The summed E-state index contributed by atoms with van der Waals surface area (Å²) in [5, 5.41) is 20.6. The number of nitrogens with zero attached hydrogens (tertiary/aromatic N) is 2. The number of aliphatic carboxylic acids is 1. The summed E-state index contributed by atoms with van der Waals surface area (Å²) >= 11 is 5.04. The number of nitriles is 1. The maximum absolute atomic E-state index is 11.1. The molecule has 4 aromatic heterocycles. The van der Waals surface area contributed by atoms with Crippen molar-refractivity contribution in [2.75, 3.05) is 0 Å². The molecule has 0 spiro atoms. The molecule has 4 heterocycles. The normalized spacial score (nSPS) is 11.9. The van der Waals surface area contributed by atoms with Crippen LogP contribution in [0.4, 0.5) is 0 Å². The number of rotatable bonds is 5. The van der Waals surface area contributed by atoms with E-state index in [9.17, 15) is 4.79 Å². The monoisotopic (exact) mass is 460 g/mol. The van der Waals surface area contributed by atoms with E-state index in [0.29, 0.717) is 0 Å². The Bertz CT molecular complexity index is 1520. The Morgan fingerprint density at radius 2 is 1.71 bits per heavy atom. The summed E-state index contributed by atoms with van der Waals surface area (Å²) in [4.78, 5) is 17.8. The predicted molar refractivity (Wildman–Crippen MR) is 131 cm³/mol. The Morgan fingerprint density at radius 1 is 1.00 bits per heavy atom. The second-order valence-corrected chi connectivity index (χ2v) is 10.2. The van der Waals surface area contributed by atoms with Gasteiger partial charge in [-0.3, -0.25) is 0 Å². The number of aromatic nitrogens is 1. The SMILES string of the molecule is CCn1c2ccccc2c2cc(-c3ccc(-c4ccc(/C=C(\C#N)C(=O)O)s4)s3)sc21. The van der Waals surface area contributed by atoms with Crippen LogP contribution in [0, 0.1) is 11.3 Å². The minimum atomic E-state index is -1.20. The minimum absolute atomic E-state index is 0.255. The van der Waals surface area contributed by atoms with Crippen LogP contribution in [0.25, 0.3) is 46.7 Å². The number of carboxylic acids is 1. The third-order valence-corrected chi connectivity index (χ3v) is 8.78. The Hall–Kier alpha value is -3.18. The first-order chi connectivity index (χ1) is 15.1. The molecule has 31 heavy (non-hydrogen) atoms. The van der Waals surface area contributed by atoms with E-state index in [4.69, 9.17) is 10.4 Å². The van der Waals surface area contributed by atoms with Gasteiger partial charge in [0, 0.05) is 47.2 Å². The van der Waals surface area contributed by atoms with Gasteiger partial charge in [0.25, 0.3) is 0 Å². The highest BCUT2D eigenvalue weighted by Gasteiger charge is 2.16. The zero-order chi connectivity index (χ0) is 21.5. The molecule has 1 N–H and O–H groups in total. The third kappa shape index (κ3) is 3.39. The van der Waals surface area contributed by atoms with Crippen LogP contribution < -0.4 is 0 Å². The molecule has 5 rings (SSSR count). The lowest BCUT2D eigenvalue weighted by Crippen LogP contribution is -1.96. The summed E-state index contributed by atoms with van der Waals surface area (Å²) < 4.78 is 2.38. The third-order valence-electron chi connectivity index (χ3n) is 5.11. The van der Waals surface area contributed by atoms with Gasteiger partial charge in [-0.05, 0) is 49.4 Å². The van der Waals surface area contributed by atoms with E-state index in [0.717, 1.165) is 21.2 Å². The van der Waals surface area contributed by atoms with Gasteiger partial charge in [0.1, 0.15) is 16.5 Å². The largest absolute Gasteiger partial charge is 0.477 e. The maximum atomic E-state index is 11.1. The van der Waals surface area contributed by atoms with Gasteiger partial charge in [-0.2, -0.15) is 5.26 Å². The molecule has 4 nitrogen and oxygen atoms in total. The van der Waals surface area contributed by atoms with Crippen molar-refractivity contribution in [1.29, 1.82) is 5.26 Å². The fourth-order valence-electron chi connectivity index (χ4n) is 3.71. The molecular weight excluding hydrogens is 444 g/mol. The molecule has 5 aromatic rings. The number of thiophene rings is 3. The highest BCUT2D eigenvalue weighted by molar-refractivity contribution is 7.28. The molecule has 0 aliphatic heterocycles. The number of hydrogen-bond acceptors (Lipinski definition) is 5. The quantitative estimate of drug-likeness (QED) is 0.221. The Morgan fingerprint density at radius 3 is 2.45 bits per heavy atom. The summed E-state index contributed by atoms with van der Waals surface area (Å²) in [6.07, 6.45) is 1.42. The molecule has 7 heteroatoms. The Balaban J connectivity index is 1.51. The number of fused-ring (bicyclic) bond motifs is 3. The van der Waals surface area contributed by atoms with Gasteiger partial charge < -0.3 is 9.67 Å². The molecule has 0 atom stereocenters. The van der Waals surface area contributed by atoms with E-state index in [1.165, 1.54) is 48.3 Å². The average molecular weight is 461 g/mol. The minimum Gasteiger partial charge on any atom is -0.477 e. The predicted octanol–water partition coefficient (Wildman–Crippen LogP) is 7.32. The van der Waals surface area contributed by atoms with Crippen molar-refractivity contribution >= 4 is 67.2 Å². The molecule has 0 aliphatic rings. The van der Waals surface area contributed by atoms with Crippen LogP contribution in [-0.2, 0) is 11.3 Å². The van der Waals surface area contributed by atoms with Crippen LogP contribution in [0.1, 0.15) is 11.8 Å². The number of benzene rings is 1. The fourth-order valence-corrected chi connectivity index (χ4v) is 7.09. The van der Waals surface area contributed by atoms with Crippen LogP contribution in [0.2, 0.25) is 0 Å². The summed E-state index contributed by atoms with van der Waals surface area (Å²) in [5.41, 5.74) is 1.02. The molecule has 0 bridgehead atoms. The van der Waals surface area contributed by atoms with Crippen molar-refractivity contribution in [2.45, 2.75) is 13.5 Å². The zero-order valence-corrected chi connectivity index (χ0v) is 18.9. The number of carbonyl (C=O) groups is 1. The van der Waals surface area contributed by atoms with Crippen LogP contribution in [0.3, 0.4) is 0 Å². The molecule has 0 radical (unpaired) electrons. The van der Waals surface area contributed by atoms with Crippen molar-refractivity contribution in [1.82, 2.24) is 4.57 Å². The lowest BCUT2D eigenvalue weighted by atomic mass is 10.2. The van der Waals surface area contributed by atoms with Gasteiger partial charge >= 0.3 is 5.97 Å². The topological polar surface area (TPSA) is 66.0 Å². The van der Waals surface area contributed by atoms with E-state index in [-0.39, 0.29) is 5.57 Å². The molecule has 0 aliphatic carbocycles. The maximum Gasteiger partial charge on any atom is 0.346 e. The first-order valence-corrected chi connectivity index (χ1v) is 12.1. The molecule has 0 saturated heterocycles. The van der Waals surface area contributed by atoms with Crippen LogP contribution in [0.5, 0.6) is 0 Å². The Labute approximate surface area is 190 Å². The van der Waals surface area contributed by atoms with E-state index >= 15 is 0 Å². The van der Waals surface area contributed by atoms with E-state index < -0.39 is 5.97 Å². The van der Waals surface area contributed by atoms with Gasteiger partial charge in [0.15, 0.2) is 0 Å². The molecule has 152 valence electrons. The zero-order valence-electron chi connectivity index (χ0n) is 16.5. The first-order valence-electron chi connectivity index (χ1n) is 9.65. The number of hydrogen-bond donors (Lipinski definition) is 1. The highest BCUT2D eigenvalue weighted by atomic mass is 32.1. The van der Waals surface area contributed by atoms with Gasteiger partial charge in [-0.1, -0.05) is 18.2 Å². The van der Waals surface area contributed by atoms with E-state index in [1.807, 2.05) is 23.5 Å². The standard InChI is InChI=1S/C24H16N2O2S3/c1-2-26-18-6-4-3-5-16(18)17-12-22(31-23(17)26)21-10-9-20(30-21)19-8-7-15(29-19)11-14(13-25)24(27)28/h3-12H,2H2,1H3,(H,27,28)/b14-11+. The summed E-state index contributed by atoms with van der Waals surface area (Å²) in [6, 6.07) is 20.7. The number of para-hydroxylation sites is 1. The van der Waals surface area contributed by atoms with Gasteiger partial charge in [-0.25, -0.2) is 4.79 Å². The average Bonchev–Trinajstić information content (AvgIpc) is 3.54. The van der Waals surface area contributed by atoms with Gasteiger partial charge in [0.2, 0.25) is 0 Å². The van der Waals surface area contributed by atoms with Crippen molar-refractivity contribution in [2.24, 2.45) is 0 Å². The van der Waals surface area contributed by atoms with Crippen LogP contribution in [0.15, 0.2) is 60.2 Å². The van der Waals surface area contributed by atoms with E-state index in [1.54, 1.807) is 17.4 Å². The smallest absolute Gasteiger partial charge is 0.346 e. The molecule has 1 aromatic carbocycles. The van der Waals surface area contributed by atoms with Crippen molar-refractivity contribution in [3.8, 4) is 25.6 Å². The second-order valence-electron chi connectivity index (χ2n) is 6.93. The first kappa shape index (κ1) is 19.8. The fraction of sp³-hybridized carbons (Fsp3) is 0.0833. The lowest BCUT2D eigenvalue weighted by Gasteiger charge is -2.01. The van der Waals surface area contributed by atoms with Crippen molar-refractivity contribution < 1.29 is 9.90 Å². The molecule has 0 saturated carbocycles. The van der Waals surface area contributed by atoms with Crippen LogP contribution >= 0.6 is 34.0 Å². The van der Waals surface area contributed by atoms with Gasteiger partial charge in [0.05, 0.1) is 0 Å².